The van der Waals surface area contributed by atoms with Crippen LogP contribution in [0.4, 0.5) is 0 Å². The molecule has 0 amide bonds. The van der Waals surface area contributed by atoms with E-state index in [4.69, 9.17) is 39.2 Å². The van der Waals surface area contributed by atoms with E-state index in [1.807, 2.05) is 102 Å². The second-order valence-corrected chi connectivity index (χ2v) is 18.2. The van der Waals surface area contributed by atoms with Crippen molar-refractivity contribution >= 4 is 26.2 Å². The Morgan fingerprint density at radius 3 is 1.38 bits per heavy atom. The number of hydrogen-bond acceptors (Lipinski definition) is 10. The fraction of sp³-hybridized carbons (Fsp3) is 0.682. The first-order chi connectivity index (χ1) is 28.7. The Morgan fingerprint density at radius 1 is 0.667 bits per heavy atom. The van der Waals surface area contributed by atoms with E-state index in [-0.39, 0.29) is 74.9 Å². The van der Waals surface area contributed by atoms with Crippen LogP contribution in [-0.4, -0.2) is 61.7 Å². The maximum atomic E-state index is 13.1. The summed E-state index contributed by atoms with van der Waals surface area (Å²) in [7, 11) is -0.369. The molecule has 0 aromatic heterocycles. The van der Waals surface area contributed by atoms with Gasteiger partial charge < -0.3 is 28.1 Å². The fourth-order valence-electron chi connectivity index (χ4n) is 8.83. The average Bonchev–Trinajstić information content (AvgIpc) is 3.98. The highest BCUT2D eigenvalue weighted by molar-refractivity contribution is 6.45. The van der Waals surface area contributed by atoms with Crippen molar-refractivity contribution in [1.82, 2.24) is 0 Å². The van der Waals surface area contributed by atoms with Crippen LogP contribution in [0.5, 0.6) is 0 Å². The van der Waals surface area contributed by atoms with Gasteiger partial charge in [0.05, 0.1) is 34.2 Å². The van der Waals surface area contributed by atoms with E-state index in [1.165, 1.54) is 0 Å². The molecule has 2 aromatic rings. The number of carbonyl (C=O) groups excluding carboxylic acids is 2. The fourth-order valence-corrected chi connectivity index (χ4v) is 8.83. The minimum atomic E-state index is -0.572. The largest absolute Gasteiger partial charge is 0.460 e. The first kappa shape index (κ1) is 47.0. The van der Waals surface area contributed by atoms with Crippen molar-refractivity contribution in [2.24, 2.45) is 21.1 Å². The second kappa shape index (κ2) is 21.7. The van der Waals surface area contributed by atoms with Crippen molar-refractivity contribution in [3.8, 4) is 0 Å². The van der Waals surface area contributed by atoms with Crippen LogP contribution >= 0.6 is 0 Å². The minimum Gasteiger partial charge on any atom is -0.460 e. The molecule has 324 valence electrons. The Labute approximate surface area is 356 Å². The van der Waals surface area contributed by atoms with Gasteiger partial charge in [-0.1, -0.05) is 96.6 Å². The van der Waals surface area contributed by atoms with Crippen LogP contribution in [0.25, 0.3) is 20.9 Å². The minimum absolute atomic E-state index is 0.0706. The number of unbranched alkanes of at least 4 members (excludes halogenated alkanes) is 2. The molecule has 60 heavy (non-hydrogen) atoms. The maximum Gasteiger partial charge on any atom is 0.457 e. The van der Waals surface area contributed by atoms with Gasteiger partial charge in [0.15, 0.2) is 0 Å². The molecule has 0 N–H and O–H groups in total. The third-order valence-corrected chi connectivity index (χ3v) is 13.1. The van der Waals surface area contributed by atoms with Crippen LogP contribution in [0.3, 0.4) is 0 Å². The third-order valence-electron chi connectivity index (χ3n) is 13.1. The van der Waals surface area contributed by atoms with E-state index in [1.54, 1.807) is 0 Å². The first-order valence-corrected chi connectivity index (χ1v) is 21.9. The van der Waals surface area contributed by atoms with Crippen molar-refractivity contribution in [3.05, 3.63) is 92.7 Å². The van der Waals surface area contributed by atoms with E-state index in [9.17, 15) is 9.59 Å². The molecule has 0 bridgehead atoms. The number of rotatable bonds is 18. The highest BCUT2D eigenvalue weighted by Crippen LogP contribution is 2.47. The quantitative estimate of drug-likeness (QED) is 0.0354. The second-order valence-electron chi connectivity index (χ2n) is 18.2. The maximum absolute atomic E-state index is 13.1. The summed E-state index contributed by atoms with van der Waals surface area (Å²) >= 11 is 0. The number of nitrogens with zero attached hydrogens (tertiary/aromatic N) is 6. The van der Waals surface area contributed by atoms with Crippen molar-refractivity contribution in [2.45, 2.75) is 180 Å². The number of ether oxygens (including phenoxy) is 2. The van der Waals surface area contributed by atoms with Crippen molar-refractivity contribution in [1.29, 1.82) is 0 Å². The summed E-state index contributed by atoms with van der Waals surface area (Å²) in [6, 6.07) is 19.1. The topological polar surface area (TPSA) is 187 Å². The molecule has 4 fully saturated rings. The molecule has 0 spiro atoms. The van der Waals surface area contributed by atoms with Gasteiger partial charge in [0.2, 0.25) is 0 Å². The highest BCUT2D eigenvalue weighted by atomic mass is 16.7. The van der Waals surface area contributed by atoms with Crippen LogP contribution in [0.2, 0.25) is 12.6 Å². The molecule has 2 aliphatic heterocycles. The number of esters is 2. The molecular weight excluding hydrogens is 762 g/mol. The van der Waals surface area contributed by atoms with Crippen LogP contribution in [0.15, 0.2) is 70.9 Å². The average molecular weight is 827 g/mol. The molecule has 14 nitrogen and oxygen atoms in total. The standard InChI is InChI=1S/2C22H32BN3O4/c2*1-17-21(2,3)30-23(29-17)14-8-7-12-22(13-11-19(15-22)25-26-24)20(27)28-16-18-9-5-4-6-10-18/h2*4-6,9-10,17,19H,7-8,11-16H2,1-3H3/t17?,19-,22+;17?,19-,22-/m00/s1. The molecule has 2 unspecified atom stereocenters. The molecule has 6 rings (SSSR count). The normalized spacial score (nSPS) is 27.6. The van der Waals surface area contributed by atoms with Gasteiger partial charge in [-0.15, -0.1) is 0 Å². The number of carbonyl (C=O) groups is 2. The first-order valence-electron chi connectivity index (χ1n) is 21.9. The summed E-state index contributed by atoms with van der Waals surface area (Å²) in [5.41, 5.74) is 17.9. The zero-order chi connectivity index (χ0) is 43.2. The molecule has 2 aromatic carbocycles. The van der Waals surface area contributed by atoms with E-state index < -0.39 is 10.8 Å². The van der Waals surface area contributed by atoms with E-state index in [0.717, 1.165) is 75.1 Å². The lowest BCUT2D eigenvalue weighted by Gasteiger charge is -2.27. The van der Waals surface area contributed by atoms with Crippen molar-refractivity contribution < 1.29 is 37.7 Å². The molecule has 4 aliphatic rings. The summed E-state index contributed by atoms with van der Waals surface area (Å²) in [6.45, 7) is 12.8. The lowest BCUT2D eigenvalue weighted by molar-refractivity contribution is -0.158. The zero-order valence-electron chi connectivity index (χ0n) is 36.5. The van der Waals surface area contributed by atoms with Crippen molar-refractivity contribution in [2.75, 3.05) is 0 Å². The van der Waals surface area contributed by atoms with Gasteiger partial charge in [-0.25, -0.2) is 0 Å². The molecular formula is C44H64B2N6O8. The molecule has 2 aliphatic carbocycles. The lowest BCUT2D eigenvalue weighted by Crippen LogP contribution is -2.31. The SMILES string of the molecule is CC1OB(CCCC[C@@]2(C(=O)OCc3ccccc3)CC[C@H](N=[N+]=[N-])C2)OC1(C)C.CC1OB(CCCC[C@]2(C(=O)OCc3ccccc3)CC[C@H](N=[N+]=[N-])C2)OC1(C)C. The van der Waals surface area contributed by atoms with E-state index in [0.29, 0.717) is 25.7 Å². The monoisotopic (exact) mass is 826 g/mol. The highest BCUT2D eigenvalue weighted by Gasteiger charge is 2.48. The molecule has 16 heteroatoms. The Hall–Kier alpha value is -4.03. The summed E-state index contributed by atoms with van der Waals surface area (Å²) in [5.74, 6) is -0.352. The Bertz CT molecular complexity index is 1670. The van der Waals surface area contributed by atoms with Gasteiger partial charge >= 0.3 is 26.2 Å². The Balaban J connectivity index is 0.000000228. The van der Waals surface area contributed by atoms with Gasteiger partial charge in [0.25, 0.3) is 0 Å². The van der Waals surface area contributed by atoms with Crippen molar-refractivity contribution in [3.63, 3.8) is 0 Å². The summed E-state index contributed by atoms with van der Waals surface area (Å²) in [5, 5.41) is 7.74. The molecule has 2 saturated carbocycles. The number of benzene rings is 2. The van der Waals surface area contributed by atoms with Crippen LogP contribution < -0.4 is 0 Å². The molecule has 6 atom stereocenters. The number of hydrogen-bond donors (Lipinski definition) is 0. The summed E-state index contributed by atoms with van der Waals surface area (Å²) < 4.78 is 35.1. The Morgan fingerprint density at radius 2 is 1.05 bits per heavy atom. The van der Waals surface area contributed by atoms with Gasteiger partial charge in [-0.05, 0) is 128 Å². The van der Waals surface area contributed by atoms with Gasteiger partial charge in [0, 0.05) is 21.9 Å². The third kappa shape index (κ3) is 13.0. The Kier molecular flexibility index (Phi) is 17.0. The molecule has 2 heterocycles. The summed E-state index contributed by atoms with van der Waals surface area (Å²) in [6.07, 6.45) is 10.8. The van der Waals surface area contributed by atoms with Gasteiger partial charge in [-0.3, -0.25) is 9.59 Å². The molecule has 2 saturated heterocycles. The van der Waals surface area contributed by atoms with Crippen LogP contribution in [0.1, 0.15) is 130 Å². The summed E-state index contributed by atoms with van der Waals surface area (Å²) in [4.78, 5) is 32.0. The van der Waals surface area contributed by atoms with E-state index in [2.05, 4.69) is 20.1 Å². The predicted molar refractivity (Wildman–Crippen MR) is 231 cm³/mol. The smallest absolute Gasteiger partial charge is 0.457 e. The molecule has 0 radical (unpaired) electrons. The van der Waals surface area contributed by atoms with Gasteiger partial charge in [0.1, 0.15) is 13.2 Å². The van der Waals surface area contributed by atoms with E-state index >= 15 is 0 Å². The predicted octanol–water partition coefficient (Wildman–Crippen LogP) is 10.9. The zero-order valence-corrected chi connectivity index (χ0v) is 36.5. The van der Waals surface area contributed by atoms with Gasteiger partial charge in [-0.2, -0.15) is 0 Å². The number of azide groups is 2. The lowest BCUT2D eigenvalue weighted by atomic mass is 9.77. The van der Waals surface area contributed by atoms with Crippen LogP contribution in [0, 0.1) is 10.8 Å². The van der Waals surface area contributed by atoms with Crippen LogP contribution in [-0.2, 0) is 50.9 Å².